The van der Waals surface area contributed by atoms with Crippen molar-refractivity contribution in [2.45, 2.75) is 49.6 Å². The number of hydrogen-bond donors (Lipinski definition) is 2. The number of fused-ring (bicyclic) bond motifs is 3. The molecule has 22 heavy (non-hydrogen) atoms. The van der Waals surface area contributed by atoms with E-state index in [1.54, 1.807) is 0 Å². The number of nitrogens with zero attached hydrogens (tertiary/aromatic N) is 2. The Hall–Kier alpha value is -0.260. The Balaban J connectivity index is 2.09. The quantitative estimate of drug-likeness (QED) is 0.679. The van der Waals surface area contributed by atoms with E-state index >= 15 is 0 Å². The van der Waals surface area contributed by atoms with E-state index < -0.39 is 31.5 Å². The van der Waals surface area contributed by atoms with Crippen molar-refractivity contribution in [3.63, 3.8) is 0 Å². The summed E-state index contributed by atoms with van der Waals surface area (Å²) in [6.07, 6.45) is 3.89. The smallest absolute Gasteiger partial charge is 0.196 e. The zero-order chi connectivity index (χ0) is 16.8. The van der Waals surface area contributed by atoms with E-state index in [0.29, 0.717) is 38.5 Å². The van der Waals surface area contributed by atoms with Gasteiger partial charge in [0.2, 0.25) is 0 Å². The van der Waals surface area contributed by atoms with Gasteiger partial charge in [-0.2, -0.15) is 34.9 Å². The Kier molecular flexibility index (Phi) is 4.66. The molecule has 0 aromatic carbocycles. The van der Waals surface area contributed by atoms with Crippen LogP contribution in [0.25, 0.3) is 0 Å². The van der Waals surface area contributed by atoms with Crippen LogP contribution in [0.3, 0.4) is 0 Å². The van der Waals surface area contributed by atoms with Crippen LogP contribution in [0.4, 0.5) is 0 Å². The maximum atomic E-state index is 12.1. The second-order valence-electron chi connectivity index (χ2n) is 6.84. The van der Waals surface area contributed by atoms with E-state index in [4.69, 9.17) is 0 Å². The molecule has 0 atom stereocenters. The largest absolute Gasteiger partial charge is 0.279 e. The fourth-order valence-corrected chi connectivity index (χ4v) is 5.29. The average Bonchev–Trinajstić information content (AvgIpc) is 2.39. The lowest BCUT2D eigenvalue weighted by Crippen LogP contribution is -2.65. The molecule has 0 aromatic rings. The molecule has 0 saturated heterocycles. The van der Waals surface area contributed by atoms with E-state index in [1.165, 1.54) is 36.8 Å². The van der Waals surface area contributed by atoms with E-state index in [2.05, 4.69) is 9.44 Å². The van der Waals surface area contributed by atoms with Crippen molar-refractivity contribution in [3.8, 4) is 0 Å². The first-order valence-electron chi connectivity index (χ1n) is 7.35. The monoisotopic (exact) mass is 354 g/mol. The third-order valence-electron chi connectivity index (χ3n) is 4.90. The molecule has 130 valence electrons. The minimum atomic E-state index is -3.48. The highest BCUT2D eigenvalue weighted by Gasteiger charge is 2.51. The normalized spacial score (nSPS) is 32.8. The van der Waals surface area contributed by atoms with Gasteiger partial charge in [0.25, 0.3) is 20.4 Å². The predicted octanol–water partition coefficient (Wildman–Crippen LogP) is -0.376. The van der Waals surface area contributed by atoms with E-state index in [-0.39, 0.29) is 0 Å². The molecule has 3 fully saturated rings. The van der Waals surface area contributed by atoms with Crippen LogP contribution < -0.4 is 9.44 Å². The van der Waals surface area contributed by atoms with Crippen LogP contribution in [0.2, 0.25) is 0 Å². The van der Waals surface area contributed by atoms with Crippen molar-refractivity contribution in [3.05, 3.63) is 0 Å². The molecule has 0 spiro atoms. The highest BCUT2D eigenvalue weighted by Crippen LogP contribution is 2.47. The van der Waals surface area contributed by atoms with Gasteiger partial charge < -0.3 is 0 Å². The second kappa shape index (κ2) is 5.67. The molecule has 10 heteroatoms. The lowest BCUT2D eigenvalue weighted by atomic mass is 9.62. The summed E-state index contributed by atoms with van der Waals surface area (Å²) in [5, 5.41) is 0. The zero-order valence-corrected chi connectivity index (χ0v) is 15.2. The first kappa shape index (κ1) is 18.1. The summed E-state index contributed by atoms with van der Waals surface area (Å²) in [7, 11) is -0.951. The molecule has 3 saturated carbocycles. The van der Waals surface area contributed by atoms with Gasteiger partial charge in [0, 0.05) is 39.3 Å². The van der Waals surface area contributed by atoms with Crippen LogP contribution in [0.15, 0.2) is 0 Å². The molecule has 0 heterocycles. The first-order chi connectivity index (χ1) is 9.92. The Morgan fingerprint density at radius 3 is 1.05 bits per heavy atom. The highest BCUT2D eigenvalue weighted by atomic mass is 32.2. The highest BCUT2D eigenvalue weighted by molar-refractivity contribution is 7.87. The molecule has 0 unspecified atom stereocenters. The van der Waals surface area contributed by atoms with Gasteiger partial charge >= 0.3 is 0 Å². The summed E-state index contributed by atoms with van der Waals surface area (Å²) in [6.45, 7) is 0. The van der Waals surface area contributed by atoms with Crippen molar-refractivity contribution in [2.24, 2.45) is 0 Å². The second-order valence-corrected chi connectivity index (χ2v) is 10.6. The van der Waals surface area contributed by atoms with E-state index in [0.717, 1.165) is 0 Å². The minimum Gasteiger partial charge on any atom is -0.196 e. The SMILES string of the molecule is CN(C)S(=O)(=O)NC12CCC(NS(=O)(=O)N(C)C)(CC1)CC2. The molecule has 8 nitrogen and oxygen atoms in total. The Labute approximate surface area is 133 Å². The summed E-state index contributed by atoms with van der Waals surface area (Å²) in [5.41, 5.74) is -0.872. The predicted molar refractivity (Wildman–Crippen MR) is 84.6 cm³/mol. The summed E-state index contributed by atoms with van der Waals surface area (Å²) in [4.78, 5) is 0. The fourth-order valence-electron chi connectivity index (χ4n) is 3.22. The van der Waals surface area contributed by atoms with Crippen LogP contribution >= 0.6 is 0 Å². The summed E-state index contributed by atoms with van der Waals surface area (Å²) in [5.74, 6) is 0. The number of rotatable bonds is 6. The average molecular weight is 354 g/mol. The van der Waals surface area contributed by atoms with Gasteiger partial charge in [0.05, 0.1) is 0 Å². The molecule has 3 rings (SSSR count). The van der Waals surface area contributed by atoms with Gasteiger partial charge in [-0.05, 0) is 38.5 Å². The molecule has 3 aliphatic carbocycles. The van der Waals surface area contributed by atoms with Crippen LogP contribution in [-0.2, 0) is 20.4 Å². The first-order valence-corrected chi connectivity index (χ1v) is 10.2. The van der Waals surface area contributed by atoms with Crippen molar-refractivity contribution >= 4 is 20.4 Å². The molecule has 0 aliphatic heterocycles. The van der Waals surface area contributed by atoms with Gasteiger partial charge in [-0.1, -0.05) is 0 Å². The fraction of sp³-hybridized carbons (Fsp3) is 1.00. The van der Waals surface area contributed by atoms with E-state index in [1.807, 2.05) is 0 Å². The molecule has 0 radical (unpaired) electrons. The lowest BCUT2D eigenvalue weighted by Gasteiger charge is -2.53. The van der Waals surface area contributed by atoms with Crippen LogP contribution in [-0.4, -0.2) is 64.7 Å². The van der Waals surface area contributed by atoms with Gasteiger partial charge in [0.1, 0.15) is 0 Å². The molecule has 0 amide bonds. The third kappa shape index (κ3) is 3.46. The number of nitrogens with one attached hydrogen (secondary N) is 2. The molecule has 2 bridgehead atoms. The maximum Gasteiger partial charge on any atom is 0.279 e. The maximum absolute atomic E-state index is 12.1. The topological polar surface area (TPSA) is 98.8 Å². The third-order valence-corrected chi connectivity index (χ3v) is 8.20. The minimum absolute atomic E-state index is 0.436. The van der Waals surface area contributed by atoms with Crippen molar-refractivity contribution < 1.29 is 16.8 Å². The van der Waals surface area contributed by atoms with E-state index in [9.17, 15) is 16.8 Å². The van der Waals surface area contributed by atoms with Crippen LogP contribution in [0.1, 0.15) is 38.5 Å². The van der Waals surface area contributed by atoms with Gasteiger partial charge in [-0.15, -0.1) is 0 Å². The van der Waals surface area contributed by atoms with Crippen LogP contribution in [0, 0.1) is 0 Å². The molecule has 0 aromatic heterocycles. The zero-order valence-electron chi connectivity index (χ0n) is 13.6. The van der Waals surface area contributed by atoms with Gasteiger partial charge in [-0.3, -0.25) is 0 Å². The Morgan fingerprint density at radius 2 is 0.864 bits per heavy atom. The molecule has 3 aliphatic rings. The standard InChI is InChI=1S/C12H26N4O4S2/c1-15(2)21(17,18)13-11-5-8-12(9-6-11,10-7-11)14-22(19,20)16(3)4/h13-14H,5-10H2,1-4H3. The van der Waals surface area contributed by atoms with Gasteiger partial charge in [0.15, 0.2) is 0 Å². The lowest BCUT2D eigenvalue weighted by molar-refractivity contribution is 0.0861. The van der Waals surface area contributed by atoms with Crippen molar-refractivity contribution in [2.75, 3.05) is 28.2 Å². The molecule has 2 N–H and O–H groups in total. The number of hydrogen-bond acceptors (Lipinski definition) is 4. The Bertz CT molecular complexity index is 547. The summed E-state index contributed by atoms with van der Waals surface area (Å²) < 4.78 is 56.3. The summed E-state index contributed by atoms with van der Waals surface area (Å²) in [6, 6.07) is 0. The van der Waals surface area contributed by atoms with Crippen LogP contribution in [0.5, 0.6) is 0 Å². The van der Waals surface area contributed by atoms with Crippen molar-refractivity contribution in [1.82, 2.24) is 18.1 Å². The van der Waals surface area contributed by atoms with Gasteiger partial charge in [-0.25, -0.2) is 0 Å². The molecular weight excluding hydrogens is 328 g/mol. The Morgan fingerprint density at radius 1 is 0.636 bits per heavy atom. The van der Waals surface area contributed by atoms with Crippen molar-refractivity contribution in [1.29, 1.82) is 0 Å². The molecular formula is C12H26N4O4S2. The summed E-state index contributed by atoms with van der Waals surface area (Å²) >= 11 is 0.